The zero-order valence-corrected chi connectivity index (χ0v) is 47.6. The molecule has 2 bridgehead atoms. The minimum Gasteiger partial charge on any atom is -0.462 e. The zero-order valence-electron chi connectivity index (χ0n) is 47.6. The van der Waals surface area contributed by atoms with Crippen LogP contribution in [0.25, 0.3) is 0 Å². The van der Waals surface area contributed by atoms with Gasteiger partial charge in [0.05, 0.1) is 98.7 Å². The molecule has 0 aliphatic carbocycles. The topological polar surface area (TPSA) is 382 Å². The summed E-state index contributed by atoms with van der Waals surface area (Å²) in [7, 11) is 1.90. The number of piperazine rings is 1. The number of amides is 1. The third-order valence-electron chi connectivity index (χ3n) is 16.1. The molecular formula is C58H93N3O21. The third kappa shape index (κ3) is 20.5. The number of likely N-dealkylation sites (N-methyl/N-ethyl adjacent to an activating group) is 1. The van der Waals surface area contributed by atoms with E-state index in [1.54, 1.807) is 97.7 Å². The largest absolute Gasteiger partial charge is 0.462 e. The monoisotopic (exact) mass is 1170 g/mol. The molecule has 1 amide bonds. The average molecular weight is 1170 g/mol. The number of aliphatic hydroxyl groups excluding tert-OH is 12. The summed E-state index contributed by atoms with van der Waals surface area (Å²) in [5.74, 6) is -8.12. The molecule has 82 heavy (non-hydrogen) atoms. The summed E-state index contributed by atoms with van der Waals surface area (Å²) in [4.78, 5) is 30.9. The third-order valence-corrected chi connectivity index (χ3v) is 16.1. The van der Waals surface area contributed by atoms with Gasteiger partial charge in [-0.3, -0.25) is 9.59 Å². The van der Waals surface area contributed by atoms with Crippen LogP contribution in [0.3, 0.4) is 0 Å². The highest BCUT2D eigenvalue weighted by Crippen LogP contribution is 2.39. The van der Waals surface area contributed by atoms with E-state index >= 15 is 0 Å². The van der Waals surface area contributed by atoms with Crippen LogP contribution in [0, 0.1) is 17.8 Å². The fourth-order valence-corrected chi connectivity index (χ4v) is 10.7. The second kappa shape index (κ2) is 32.7. The Bertz CT molecular complexity index is 2170. The molecule has 24 heteroatoms. The Morgan fingerprint density at radius 3 is 1.87 bits per heavy atom. The normalized spacial score (nSPS) is 45.6. The Morgan fingerprint density at radius 2 is 1.24 bits per heavy atom. The highest BCUT2D eigenvalue weighted by Gasteiger charge is 2.53. The van der Waals surface area contributed by atoms with Gasteiger partial charge in [-0.1, -0.05) is 98.9 Å². The lowest BCUT2D eigenvalue weighted by atomic mass is 9.81. The predicted octanol–water partition coefficient (Wildman–Crippen LogP) is -2.17. The zero-order chi connectivity index (χ0) is 60.5. The summed E-state index contributed by atoms with van der Waals surface area (Å²) in [6.07, 6.45) is -2.63. The molecule has 0 aromatic heterocycles. The number of aliphatic hydroxyl groups is 14. The predicted molar refractivity (Wildman–Crippen MR) is 296 cm³/mol. The van der Waals surface area contributed by atoms with Crippen LogP contribution in [-0.4, -0.2) is 261 Å². The smallest absolute Gasteiger partial charge is 0.308 e. The van der Waals surface area contributed by atoms with Gasteiger partial charge in [-0.25, -0.2) is 0 Å². The van der Waals surface area contributed by atoms with Crippen molar-refractivity contribution in [2.45, 2.75) is 201 Å². The lowest BCUT2D eigenvalue weighted by Crippen LogP contribution is -2.69. The molecule has 0 aromatic carbocycles. The molecule has 3 unspecified atom stereocenters. The molecule has 15 N–H and O–H groups in total. The first kappa shape index (κ1) is 69.1. The van der Waals surface area contributed by atoms with Crippen LogP contribution in [0.15, 0.2) is 85.1 Å². The Kier molecular flexibility index (Phi) is 27.6. The molecule has 466 valence electrons. The first-order valence-electron chi connectivity index (χ1n) is 28.5. The van der Waals surface area contributed by atoms with E-state index in [9.17, 15) is 81.1 Å². The molecule has 5 rings (SSSR count). The molecule has 24 nitrogen and oxygen atoms in total. The molecule has 23 atom stereocenters. The Labute approximate surface area is 480 Å². The Balaban J connectivity index is 1.43. The summed E-state index contributed by atoms with van der Waals surface area (Å²) in [6, 6.07) is -1.33. The first-order chi connectivity index (χ1) is 38.7. The van der Waals surface area contributed by atoms with Gasteiger partial charge in [-0.2, -0.15) is 0 Å². The van der Waals surface area contributed by atoms with Crippen molar-refractivity contribution in [3.63, 3.8) is 0 Å². The number of cyclic esters (lactones) is 1. The van der Waals surface area contributed by atoms with E-state index in [2.05, 4.69) is 5.32 Å². The van der Waals surface area contributed by atoms with E-state index in [0.717, 1.165) is 0 Å². The number of allylic oxidation sites excluding steroid dienone is 12. The van der Waals surface area contributed by atoms with Crippen LogP contribution in [0.5, 0.6) is 0 Å². The van der Waals surface area contributed by atoms with Gasteiger partial charge in [0.1, 0.15) is 30.5 Å². The lowest BCUT2D eigenvalue weighted by molar-refractivity contribution is -0.323. The summed E-state index contributed by atoms with van der Waals surface area (Å²) in [6.45, 7) is 7.20. The van der Waals surface area contributed by atoms with Crippen molar-refractivity contribution in [1.29, 1.82) is 0 Å². The Morgan fingerprint density at radius 1 is 0.646 bits per heavy atom. The number of fused-ring (bicyclic) bond motifs is 2. The molecule has 5 aliphatic heterocycles. The molecule has 5 aliphatic rings. The maximum atomic E-state index is 14.5. The second-order valence-electron chi connectivity index (χ2n) is 22.8. The molecule has 4 fully saturated rings. The Hall–Kier alpha value is -3.68. The molecule has 0 spiro atoms. The highest BCUT2D eigenvalue weighted by molar-refractivity contribution is 5.80. The summed E-state index contributed by atoms with van der Waals surface area (Å²) in [5.41, 5.74) is 0. The lowest BCUT2D eigenvalue weighted by Gasteiger charge is -2.48. The van der Waals surface area contributed by atoms with E-state index in [4.69, 9.17) is 23.7 Å². The first-order valence-corrected chi connectivity index (χ1v) is 28.5. The molecular weight excluding hydrogens is 1070 g/mol. The van der Waals surface area contributed by atoms with E-state index in [1.807, 2.05) is 24.9 Å². The number of nitrogens with one attached hydrogen (secondary N) is 1. The molecule has 4 saturated heterocycles. The van der Waals surface area contributed by atoms with Gasteiger partial charge in [-0.15, -0.1) is 0 Å². The van der Waals surface area contributed by atoms with Gasteiger partial charge in [0.2, 0.25) is 11.7 Å². The minimum atomic E-state index is -2.46. The van der Waals surface area contributed by atoms with E-state index < -0.39 is 184 Å². The fourth-order valence-electron chi connectivity index (χ4n) is 10.7. The quantitative estimate of drug-likeness (QED) is 0.126. The minimum absolute atomic E-state index is 0.124. The van der Waals surface area contributed by atoms with Gasteiger partial charge in [-0.05, 0) is 40.2 Å². The average Bonchev–Trinajstić information content (AvgIpc) is 3.58. The van der Waals surface area contributed by atoms with Gasteiger partial charge >= 0.3 is 5.97 Å². The van der Waals surface area contributed by atoms with Crippen LogP contribution in [0.4, 0.5) is 0 Å². The maximum absolute atomic E-state index is 14.5. The van der Waals surface area contributed by atoms with Crippen molar-refractivity contribution in [2.75, 3.05) is 46.4 Å². The number of hydrogen-bond donors (Lipinski definition) is 15. The number of hydrogen-bond acceptors (Lipinski definition) is 23. The molecule has 0 saturated carbocycles. The number of rotatable bonds is 6. The number of carbonyl (C=O) groups excluding carboxylic acids is 2. The molecule has 0 radical (unpaired) electrons. The SMILES string of the molecule is CC1[C@H](C)OC(=O)C[C@H](O)C[C@H](O)CC[C@H](O)[C@H](O)C[C@H](O)C[C@]2(O)C[C@H](O)C(C(=O)N3CCN(C)CC3)C(C[C@@H](O[C@@H]3O[C@H](C)[C@@H](O)[C@H](NC[C@@]4(O)OC[C@@H](O)[C@H](O)[C@@H]4O)[C@@H]3O)/C=C/C=C/C=C/C=C/C=C/C=C/C=C\[C@H](C)[C@H]1O)O2. The number of nitrogens with zero attached hydrogens (tertiary/aromatic N) is 2. The molecule has 0 aromatic rings. The van der Waals surface area contributed by atoms with Crippen molar-refractivity contribution in [3.05, 3.63) is 85.1 Å². The molecule has 5 heterocycles. The van der Waals surface area contributed by atoms with Gasteiger partial charge in [0.15, 0.2) is 12.1 Å². The van der Waals surface area contributed by atoms with Crippen molar-refractivity contribution in [2.24, 2.45) is 17.8 Å². The highest BCUT2D eigenvalue weighted by atomic mass is 16.7. The maximum Gasteiger partial charge on any atom is 0.308 e. The van der Waals surface area contributed by atoms with E-state index in [-0.39, 0.29) is 31.6 Å². The van der Waals surface area contributed by atoms with Crippen LogP contribution in [-0.2, 0) is 33.3 Å². The van der Waals surface area contributed by atoms with Gasteiger partial charge in [0.25, 0.3) is 0 Å². The van der Waals surface area contributed by atoms with Crippen molar-refractivity contribution in [1.82, 2.24) is 15.1 Å². The second-order valence-corrected chi connectivity index (χ2v) is 22.8. The van der Waals surface area contributed by atoms with Crippen LogP contribution >= 0.6 is 0 Å². The van der Waals surface area contributed by atoms with E-state index in [0.29, 0.717) is 26.2 Å². The van der Waals surface area contributed by atoms with Crippen LogP contribution in [0.1, 0.15) is 79.1 Å². The number of ether oxygens (including phenoxy) is 5. The van der Waals surface area contributed by atoms with Crippen molar-refractivity contribution < 1.29 is 105 Å². The summed E-state index contributed by atoms with van der Waals surface area (Å²) < 4.78 is 29.6. The van der Waals surface area contributed by atoms with Crippen molar-refractivity contribution in [3.8, 4) is 0 Å². The fraction of sp³-hybridized carbons (Fsp3) is 0.724. The van der Waals surface area contributed by atoms with E-state index in [1.165, 1.54) is 6.92 Å². The summed E-state index contributed by atoms with van der Waals surface area (Å²) >= 11 is 0. The van der Waals surface area contributed by atoms with Gasteiger partial charge in [0, 0.05) is 63.7 Å². The number of carbonyl (C=O) groups is 2. The van der Waals surface area contributed by atoms with Crippen LogP contribution < -0.4 is 5.32 Å². The standard InChI is InChI=1S/C58H93N3O21/c1-34-18-16-14-12-10-8-6-7-9-11-13-15-17-19-41(81-56-53(73)49(51(71)37(4)80-56)59-33-58(77)54(74)52(72)45(68)32-78-58)29-46-48(55(75)61-24-22-60(5)23-25-61)44(67)31-57(76,82-46)30-40(64)27-43(66)42(65)21-20-38(62)26-39(63)28-47(69)79-36(3)35(2)50(34)70/h6-19,34-46,48-54,56,59,62-68,70-74,76-77H,20-33H2,1-5H3/b7-6+,10-8+,11-9+,14-12+,15-13+,18-16-,19-17+/t34-,35?,36-,37+,38+,39+,40-,41-,42-,43+,44-,45+,46?,48?,49-,50+,51+,52-,53-,54-,56-,57+,58+/m0/s1. The van der Waals surface area contributed by atoms with Crippen molar-refractivity contribution >= 4 is 11.9 Å². The summed E-state index contributed by atoms with van der Waals surface area (Å²) in [5, 5.41) is 157. The number of esters is 1. The van der Waals surface area contributed by atoms with Crippen LogP contribution in [0.2, 0.25) is 0 Å². The van der Waals surface area contributed by atoms with Gasteiger partial charge < -0.3 is 110 Å².